The zero-order valence-corrected chi connectivity index (χ0v) is 9.80. The first-order valence-electron chi connectivity index (χ1n) is 5.13. The molecule has 1 aromatic carbocycles. The first-order chi connectivity index (χ1) is 8.12. The van der Waals surface area contributed by atoms with Crippen molar-refractivity contribution in [3.8, 4) is 5.75 Å². The number of anilines is 1. The van der Waals surface area contributed by atoms with Crippen LogP contribution in [0.3, 0.4) is 0 Å². The van der Waals surface area contributed by atoms with Crippen LogP contribution in [0.2, 0.25) is 0 Å². The molecule has 1 amide bonds. The second-order valence-electron chi connectivity index (χ2n) is 4.08. The normalized spacial score (nSPS) is 11.7. The van der Waals surface area contributed by atoms with E-state index in [2.05, 4.69) is 5.32 Å². The molecule has 0 aliphatic carbocycles. The molecule has 4 N–H and O–H groups in total. The van der Waals surface area contributed by atoms with Crippen LogP contribution in [0.5, 0.6) is 5.75 Å². The molecule has 18 heavy (non-hydrogen) atoms. The van der Waals surface area contributed by atoms with Gasteiger partial charge in [-0.3, -0.25) is 4.79 Å². The molecule has 0 aliphatic heterocycles. The summed E-state index contributed by atoms with van der Waals surface area (Å²) in [5, 5.41) is 11.5. The number of carbonyl (C=O) groups excluding carboxylic acids is 1. The number of carbonyl (C=O) groups is 1. The molecular weight excluding hydrogens is 249 g/mol. The van der Waals surface area contributed by atoms with Crippen LogP contribution in [0, 0.1) is 0 Å². The van der Waals surface area contributed by atoms with E-state index in [1.165, 1.54) is 0 Å². The number of nitrogens with one attached hydrogen (secondary N) is 1. The predicted molar refractivity (Wildman–Crippen MR) is 60.1 cm³/mol. The third-order valence-electron chi connectivity index (χ3n) is 2.14. The van der Waals surface area contributed by atoms with Gasteiger partial charge in [0.2, 0.25) is 0 Å². The number of rotatable bonds is 2. The average molecular weight is 262 g/mol. The highest BCUT2D eigenvalue weighted by Gasteiger charge is 2.36. The molecular formula is C11H13F3N2O2. The van der Waals surface area contributed by atoms with Gasteiger partial charge in [0.1, 0.15) is 5.75 Å². The standard InChI is InChI=1S/C11H13F3N2O2/c1-5(2)16-10(18)6-3-8(15)9(17)4-7(6)11(12,13)14/h3-5,17H,15H2,1-2H3,(H,16,18). The molecule has 7 heteroatoms. The third-order valence-corrected chi connectivity index (χ3v) is 2.14. The lowest BCUT2D eigenvalue weighted by atomic mass is 10.0. The van der Waals surface area contributed by atoms with Gasteiger partial charge in [-0.25, -0.2) is 0 Å². The van der Waals surface area contributed by atoms with E-state index in [1.807, 2.05) is 0 Å². The second-order valence-corrected chi connectivity index (χ2v) is 4.08. The highest BCUT2D eigenvalue weighted by molar-refractivity contribution is 5.97. The SMILES string of the molecule is CC(C)NC(=O)c1cc(N)c(O)cc1C(F)(F)F. The summed E-state index contributed by atoms with van der Waals surface area (Å²) < 4.78 is 38.2. The van der Waals surface area contributed by atoms with Crippen LogP contribution >= 0.6 is 0 Å². The van der Waals surface area contributed by atoms with E-state index < -0.39 is 29.0 Å². The number of nitrogens with two attached hydrogens (primary N) is 1. The fourth-order valence-electron chi connectivity index (χ4n) is 1.37. The number of hydrogen-bond donors (Lipinski definition) is 3. The number of aromatic hydroxyl groups is 1. The Morgan fingerprint density at radius 3 is 2.39 bits per heavy atom. The lowest BCUT2D eigenvalue weighted by molar-refractivity contribution is -0.138. The van der Waals surface area contributed by atoms with Crippen molar-refractivity contribution >= 4 is 11.6 Å². The zero-order valence-electron chi connectivity index (χ0n) is 9.80. The van der Waals surface area contributed by atoms with Crippen molar-refractivity contribution in [2.45, 2.75) is 26.1 Å². The number of amides is 1. The molecule has 0 saturated heterocycles. The fraction of sp³-hybridized carbons (Fsp3) is 0.364. The largest absolute Gasteiger partial charge is 0.506 e. The molecule has 0 atom stereocenters. The van der Waals surface area contributed by atoms with E-state index in [0.717, 1.165) is 6.07 Å². The summed E-state index contributed by atoms with van der Waals surface area (Å²) in [7, 11) is 0. The maximum Gasteiger partial charge on any atom is 0.417 e. The molecule has 0 spiro atoms. The van der Waals surface area contributed by atoms with Crippen LogP contribution in [0.15, 0.2) is 12.1 Å². The Morgan fingerprint density at radius 2 is 1.94 bits per heavy atom. The summed E-state index contributed by atoms with van der Waals surface area (Å²) in [6.45, 7) is 3.24. The van der Waals surface area contributed by atoms with Crippen LogP contribution in [0.25, 0.3) is 0 Å². The number of nitrogen functional groups attached to an aromatic ring is 1. The van der Waals surface area contributed by atoms with Gasteiger partial charge in [0.15, 0.2) is 0 Å². The Kier molecular flexibility index (Phi) is 3.73. The molecule has 0 aromatic heterocycles. The lowest BCUT2D eigenvalue weighted by Crippen LogP contribution is -2.32. The number of phenolic OH excluding ortho intramolecular Hbond substituents is 1. The zero-order chi connectivity index (χ0) is 14.1. The van der Waals surface area contributed by atoms with Gasteiger partial charge in [0.05, 0.1) is 16.8 Å². The van der Waals surface area contributed by atoms with Gasteiger partial charge >= 0.3 is 6.18 Å². The highest BCUT2D eigenvalue weighted by atomic mass is 19.4. The Morgan fingerprint density at radius 1 is 1.39 bits per heavy atom. The van der Waals surface area contributed by atoms with Gasteiger partial charge in [0.25, 0.3) is 5.91 Å². The van der Waals surface area contributed by atoms with E-state index >= 15 is 0 Å². The van der Waals surface area contributed by atoms with Crippen molar-refractivity contribution in [2.75, 3.05) is 5.73 Å². The maximum absolute atomic E-state index is 12.7. The van der Waals surface area contributed by atoms with Crippen LogP contribution in [0.4, 0.5) is 18.9 Å². The van der Waals surface area contributed by atoms with Crippen LogP contribution in [0.1, 0.15) is 29.8 Å². The molecule has 0 unspecified atom stereocenters. The van der Waals surface area contributed by atoms with Gasteiger partial charge < -0.3 is 16.2 Å². The minimum Gasteiger partial charge on any atom is -0.506 e. The molecule has 0 saturated carbocycles. The summed E-state index contributed by atoms with van der Waals surface area (Å²) in [4.78, 5) is 11.6. The van der Waals surface area contributed by atoms with Gasteiger partial charge in [0, 0.05) is 6.04 Å². The molecule has 1 aromatic rings. The topological polar surface area (TPSA) is 75.4 Å². The molecule has 0 radical (unpaired) electrons. The summed E-state index contributed by atoms with van der Waals surface area (Å²) in [6.07, 6.45) is -4.74. The first kappa shape index (κ1) is 14.1. The van der Waals surface area contributed by atoms with Crippen molar-refractivity contribution in [1.29, 1.82) is 0 Å². The number of phenols is 1. The van der Waals surface area contributed by atoms with Gasteiger partial charge in [-0.2, -0.15) is 13.2 Å². The molecule has 0 heterocycles. The monoisotopic (exact) mass is 262 g/mol. The first-order valence-corrected chi connectivity index (χ1v) is 5.13. The Balaban J connectivity index is 3.33. The second kappa shape index (κ2) is 4.75. The molecule has 0 bridgehead atoms. The van der Waals surface area contributed by atoms with Crippen molar-refractivity contribution < 1.29 is 23.1 Å². The minimum atomic E-state index is -4.74. The van der Waals surface area contributed by atoms with Crippen molar-refractivity contribution in [3.63, 3.8) is 0 Å². The minimum absolute atomic E-state index is 0.281. The molecule has 4 nitrogen and oxygen atoms in total. The van der Waals surface area contributed by atoms with Gasteiger partial charge in [-0.1, -0.05) is 0 Å². The molecule has 0 fully saturated rings. The Bertz CT molecular complexity index is 470. The number of benzene rings is 1. The summed E-state index contributed by atoms with van der Waals surface area (Å²) in [5.41, 5.74) is 3.20. The third kappa shape index (κ3) is 3.06. The van der Waals surface area contributed by atoms with E-state index in [-0.39, 0.29) is 11.7 Å². The van der Waals surface area contributed by atoms with Crippen molar-refractivity contribution in [2.24, 2.45) is 0 Å². The number of hydrogen-bond acceptors (Lipinski definition) is 3. The Labute approximate surface area is 102 Å². The van der Waals surface area contributed by atoms with Crippen molar-refractivity contribution in [3.05, 3.63) is 23.3 Å². The van der Waals surface area contributed by atoms with Gasteiger partial charge in [-0.05, 0) is 26.0 Å². The smallest absolute Gasteiger partial charge is 0.417 e. The van der Waals surface area contributed by atoms with Crippen LogP contribution in [-0.4, -0.2) is 17.1 Å². The summed E-state index contributed by atoms with van der Waals surface area (Å²) in [6, 6.07) is 0.953. The highest BCUT2D eigenvalue weighted by Crippen LogP contribution is 2.36. The summed E-state index contributed by atoms with van der Waals surface area (Å²) >= 11 is 0. The van der Waals surface area contributed by atoms with E-state index in [9.17, 15) is 23.1 Å². The van der Waals surface area contributed by atoms with Gasteiger partial charge in [-0.15, -0.1) is 0 Å². The van der Waals surface area contributed by atoms with Crippen LogP contribution in [-0.2, 0) is 6.18 Å². The maximum atomic E-state index is 12.7. The predicted octanol–water partition coefficient (Wildman–Crippen LogP) is 2.13. The molecule has 1 rings (SSSR count). The van der Waals surface area contributed by atoms with Crippen molar-refractivity contribution in [1.82, 2.24) is 5.32 Å². The fourth-order valence-corrected chi connectivity index (χ4v) is 1.37. The average Bonchev–Trinajstić information content (AvgIpc) is 2.18. The number of alkyl halides is 3. The van der Waals surface area contributed by atoms with E-state index in [4.69, 9.17) is 5.73 Å². The molecule has 0 aliphatic rings. The van der Waals surface area contributed by atoms with E-state index in [1.54, 1.807) is 13.8 Å². The molecule has 100 valence electrons. The van der Waals surface area contributed by atoms with Crippen LogP contribution < -0.4 is 11.1 Å². The summed E-state index contributed by atoms with van der Waals surface area (Å²) in [5.74, 6) is -1.59. The quantitative estimate of drug-likeness (QED) is 0.564. The Hall–Kier alpha value is -1.92. The number of halogens is 3. The van der Waals surface area contributed by atoms with E-state index in [0.29, 0.717) is 6.07 Å². The lowest BCUT2D eigenvalue weighted by Gasteiger charge is -2.15.